The maximum absolute atomic E-state index is 9.75. The molecule has 0 aromatic heterocycles. The molecule has 0 heterocycles. The van der Waals surface area contributed by atoms with Gasteiger partial charge in [0.25, 0.3) is 0 Å². The molecular weight excluding hydrogens is 186 g/mol. The summed E-state index contributed by atoms with van der Waals surface area (Å²) in [5.74, 6) is 3.00. The van der Waals surface area contributed by atoms with E-state index in [0.29, 0.717) is 6.04 Å². The summed E-state index contributed by atoms with van der Waals surface area (Å²) in [7, 11) is 0. The Kier molecular flexibility index (Phi) is 2.73. The van der Waals surface area contributed by atoms with Crippen molar-refractivity contribution in [2.75, 3.05) is 6.54 Å². The molecule has 3 aliphatic carbocycles. The predicted octanol–water partition coefficient (Wildman–Crippen LogP) is 1.93. The third kappa shape index (κ3) is 2.36. The molecule has 0 aromatic rings. The van der Waals surface area contributed by atoms with Gasteiger partial charge >= 0.3 is 0 Å². The maximum atomic E-state index is 9.75. The zero-order valence-corrected chi connectivity index (χ0v) is 9.49. The van der Waals surface area contributed by atoms with Crippen LogP contribution in [-0.4, -0.2) is 23.8 Å². The molecule has 3 fully saturated rings. The lowest BCUT2D eigenvalue weighted by Gasteiger charge is -2.22. The van der Waals surface area contributed by atoms with Crippen molar-refractivity contribution in [1.29, 1.82) is 0 Å². The van der Waals surface area contributed by atoms with Gasteiger partial charge in [-0.3, -0.25) is 0 Å². The molecule has 0 aliphatic heterocycles. The number of hydrogen-bond donors (Lipinski definition) is 2. The molecule has 2 atom stereocenters. The van der Waals surface area contributed by atoms with Gasteiger partial charge in [-0.1, -0.05) is 0 Å². The summed E-state index contributed by atoms with van der Waals surface area (Å²) in [6.45, 7) is 1.18. The minimum atomic E-state index is -0.0657. The molecule has 0 radical (unpaired) electrons. The van der Waals surface area contributed by atoms with Crippen LogP contribution in [0.15, 0.2) is 0 Å². The van der Waals surface area contributed by atoms with Gasteiger partial charge < -0.3 is 10.4 Å². The summed E-state index contributed by atoms with van der Waals surface area (Å²) in [6.07, 6.45) is 9.21. The normalized spacial score (nSPS) is 36.4. The average Bonchev–Trinajstić information content (AvgIpc) is 3.11. The van der Waals surface area contributed by atoms with Crippen LogP contribution in [0.25, 0.3) is 0 Å². The molecule has 2 heteroatoms. The SMILES string of the molecule is O[C@H]1CCC[C@@H]1NCC(C1CC1)C1CC1. The Morgan fingerprint density at radius 1 is 1.00 bits per heavy atom. The third-order valence-corrected chi connectivity index (χ3v) is 4.55. The summed E-state index contributed by atoms with van der Waals surface area (Å²) >= 11 is 0. The first-order valence-corrected chi connectivity index (χ1v) is 6.76. The second-order valence-corrected chi connectivity index (χ2v) is 5.85. The summed E-state index contributed by atoms with van der Waals surface area (Å²) in [5.41, 5.74) is 0. The van der Waals surface area contributed by atoms with E-state index < -0.39 is 0 Å². The van der Waals surface area contributed by atoms with Gasteiger partial charge in [0.1, 0.15) is 0 Å². The van der Waals surface area contributed by atoms with E-state index in [9.17, 15) is 5.11 Å². The van der Waals surface area contributed by atoms with Crippen LogP contribution >= 0.6 is 0 Å². The lowest BCUT2D eigenvalue weighted by atomic mass is 9.97. The maximum Gasteiger partial charge on any atom is 0.0693 e. The minimum absolute atomic E-state index is 0.0657. The van der Waals surface area contributed by atoms with Gasteiger partial charge in [0.2, 0.25) is 0 Å². The lowest BCUT2D eigenvalue weighted by Crippen LogP contribution is -2.39. The quantitative estimate of drug-likeness (QED) is 0.725. The van der Waals surface area contributed by atoms with Crippen LogP contribution in [0.4, 0.5) is 0 Å². The Labute approximate surface area is 92.4 Å². The first-order valence-electron chi connectivity index (χ1n) is 6.76. The third-order valence-electron chi connectivity index (χ3n) is 4.55. The topological polar surface area (TPSA) is 32.3 Å². The van der Waals surface area contributed by atoms with Crippen LogP contribution in [0.1, 0.15) is 44.9 Å². The fraction of sp³-hybridized carbons (Fsp3) is 1.00. The first-order chi connectivity index (χ1) is 7.34. The summed E-state index contributed by atoms with van der Waals surface area (Å²) in [6, 6.07) is 0.407. The smallest absolute Gasteiger partial charge is 0.0693 e. The Morgan fingerprint density at radius 3 is 2.13 bits per heavy atom. The van der Waals surface area contributed by atoms with Crippen LogP contribution in [0, 0.1) is 17.8 Å². The van der Waals surface area contributed by atoms with Crippen LogP contribution in [0.2, 0.25) is 0 Å². The summed E-state index contributed by atoms with van der Waals surface area (Å²) in [5, 5.41) is 13.4. The van der Waals surface area contributed by atoms with Crippen molar-refractivity contribution in [3.63, 3.8) is 0 Å². The van der Waals surface area contributed by atoms with Gasteiger partial charge in [-0.05, 0) is 69.2 Å². The predicted molar refractivity (Wildman–Crippen MR) is 60.6 cm³/mol. The zero-order chi connectivity index (χ0) is 10.3. The van der Waals surface area contributed by atoms with Crippen LogP contribution in [0.5, 0.6) is 0 Å². The highest BCUT2D eigenvalue weighted by Crippen LogP contribution is 2.48. The van der Waals surface area contributed by atoms with Gasteiger partial charge in [0.15, 0.2) is 0 Å². The van der Waals surface area contributed by atoms with Crippen molar-refractivity contribution in [3.05, 3.63) is 0 Å². The van der Waals surface area contributed by atoms with Gasteiger partial charge in [0, 0.05) is 6.04 Å². The van der Waals surface area contributed by atoms with Crippen molar-refractivity contribution in [3.8, 4) is 0 Å². The van der Waals surface area contributed by atoms with Crippen LogP contribution in [0.3, 0.4) is 0 Å². The molecule has 2 N–H and O–H groups in total. The molecule has 0 saturated heterocycles. The molecule has 15 heavy (non-hydrogen) atoms. The molecule has 3 aliphatic rings. The molecular formula is C13H23NO. The second kappa shape index (κ2) is 4.06. The average molecular weight is 209 g/mol. The number of aliphatic hydroxyl groups is 1. The van der Waals surface area contributed by atoms with Gasteiger partial charge in [-0.25, -0.2) is 0 Å². The molecule has 0 bridgehead atoms. The number of rotatable bonds is 5. The van der Waals surface area contributed by atoms with E-state index in [0.717, 1.165) is 24.2 Å². The van der Waals surface area contributed by atoms with Crippen molar-refractivity contribution in [2.24, 2.45) is 17.8 Å². The second-order valence-electron chi connectivity index (χ2n) is 5.85. The Hall–Kier alpha value is -0.0800. The summed E-state index contributed by atoms with van der Waals surface area (Å²) in [4.78, 5) is 0. The van der Waals surface area contributed by atoms with Crippen molar-refractivity contribution >= 4 is 0 Å². The van der Waals surface area contributed by atoms with Crippen molar-refractivity contribution in [1.82, 2.24) is 5.32 Å². The Bertz CT molecular complexity index is 211. The highest BCUT2D eigenvalue weighted by molar-refractivity contribution is 4.94. The van der Waals surface area contributed by atoms with Crippen molar-refractivity contribution < 1.29 is 5.11 Å². The number of aliphatic hydroxyl groups excluding tert-OH is 1. The monoisotopic (exact) mass is 209 g/mol. The van der Waals surface area contributed by atoms with Gasteiger partial charge in [0.05, 0.1) is 6.10 Å². The number of nitrogens with one attached hydrogen (secondary N) is 1. The minimum Gasteiger partial charge on any atom is -0.392 e. The van der Waals surface area contributed by atoms with E-state index >= 15 is 0 Å². The van der Waals surface area contributed by atoms with E-state index in [2.05, 4.69) is 5.32 Å². The molecule has 0 aromatic carbocycles. The molecule has 0 amide bonds. The number of hydrogen-bond acceptors (Lipinski definition) is 2. The molecule has 3 rings (SSSR count). The molecule has 0 spiro atoms. The largest absolute Gasteiger partial charge is 0.392 e. The summed E-state index contributed by atoms with van der Waals surface area (Å²) < 4.78 is 0. The van der Waals surface area contributed by atoms with Gasteiger partial charge in [-0.2, -0.15) is 0 Å². The lowest BCUT2D eigenvalue weighted by molar-refractivity contribution is 0.144. The standard InChI is InChI=1S/C13H23NO/c15-13-3-1-2-12(13)14-8-11(9-4-5-9)10-6-7-10/h9-15H,1-8H2/t12-,13-/m0/s1. The molecule has 3 saturated carbocycles. The van der Waals surface area contributed by atoms with Crippen molar-refractivity contribution in [2.45, 2.75) is 57.1 Å². The molecule has 2 nitrogen and oxygen atoms in total. The van der Waals surface area contributed by atoms with E-state index in [1.165, 1.54) is 45.1 Å². The highest BCUT2D eigenvalue weighted by Gasteiger charge is 2.41. The fourth-order valence-corrected chi connectivity index (χ4v) is 3.23. The van der Waals surface area contributed by atoms with Crippen LogP contribution in [-0.2, 0) is 0 Å². The van der Waals surface area contributed by atoms with E-state index in [1.807, 2.05) is 0 Å². The Morgan fingerprint density at radius 2 is 1.67 bits per heavy atom. The highest BCUT2D eigenvalue weighted by atomic mass is 16.3. The molecule has 86 valence electrons. The van der Waals surface area contributed by atoms with Crippen LogP contribution < -0.4 is 5.32 Å². The Balaban J connectivity index is 1.46. The molecule has 0 unspecified atom stereocenters. The van der Waals surface area contributed by atoms with E-state index in [4.69, 9.17) is 0 Å². The fourth-order valence-electron chi connectivity index (χ4n) is 3.23. The zero-order valence-electron chi connectivity index (χ0n) is 9.49. The van der Waals surface area contributed by atoms with E-state index in [-0.39, 0.29) is 6.10 Å². The first kappa shape index (κ1) is 10.1. The van der Waals surface area contributed by atoms with E-state index in [1.54, 1.807) is 0 Å². The van der Waals surface area contributed by atoms with Gasteiger partial charge in [-0.15, -0.1) is 0 Å².